The summed E-state index contributed by atoms with van der Waals surface area (Å²) < 4.78 is 6.21. The van der Waals surface area contributed by atoms with Crippen LogP contribution in [-0.4, -0.2) is 185 Å². The van der Waals surface area contributed by atoms with E-state index in [-0.39, 0.29) is 83.3 Å². The van der Waals surface area contributed by atoms with Crippen molar-refractivity contribution < 1.29 is 92.9 Å². The number of hydrogen-bond acceptors (Lipinski definition) is 31. The van der Waals surface area contributed by atoms with Crippen molar-refractivity contribution in [2.45, 2.75) is 151 Å². The van der Waals surface area contributed by atoms with Gasteiger partial charge in [0.25, 0.3) is 41.4 Å². The highest BCUT2D eigenvalue weighted by Crippen LogP contribution is 2.49. The van der Waals surface area contributed by atoms with Crippen molar-refractivity contribution >= 4 is 139 Å². The molecule has 111 heavy (non-hydrogen) atoms. The molecule has 0 aromatic carbocycles. The molecule has 4 aliphatic heterocycles. The van der Waals surface area contributed by atoms with E-state index in [9.17, 15) is 78.6 Å². The van der Waals surface area contributed by atoms with Crippen LogP contribution in [0.2, 0.25) is 0 Å². The number of carboxylic acids is 1. The number of aliphatic imine (C=N–C) groups is 1. The van der Waals surface area contributed by atoms with Crippen LogP contribution in [0, 0.1) is 0 Å². The van der Waals surface area contributed by atoms with Gasteiger partial charge in [-0.1, -0.05) is 51.1 Å². The Morgan fingerprint density at radius 2 is 1.38 bits per heavy atom. The van der Waals surface area contributed by atoms with Gasteiger partial charge in [0, 0.05) is 32.8 Å². The van der Waals surface area contributed by atoms with E-state index in [0.29, 0.717) is 0 Å². The van der Waals surface area contributed by atoms with Gasteiger partial charge in [0.15, 0.2) is 0 Å². The van der Waals surface area contributed by atoms with Crippen LogP contribution < -0.4 is 63.8 Å². The predicted octanol–water partition coefficient (Wildman–Crippen LogP) is 0.439. The summed E-state index contributed by atoms with van der Waals surface area (Å²) >= 11 is 4.41. The van der Waals surface area contributed by atoms with Crippen LogP contribution >= 0.6 is 57.1 Å². The van der Waals surface area contributed by atoms with E-state index in [1.54, 1.807) is 6.92 Å². The quantitative estimate of drug-likeness (QED) is 0.0666. The summed E-state index contributed by atoms with van der Waals surface area (Å²) in [6, 6.07) is -9.69. The van der Waals surface area contributed by atoms with Gasteiger partial charge in [-0.15, -0.1) is 57.1 Å². The zero-order chi connectivity index (χ0) is 81.2. The Balaban J connectivity index is 1.16. The number of ether oxygens (including phenoxy) is 1. The van der Waals surface area contributed by atoms with Crippen molar-refractivity contribution in [3.8, 4) is 0 Å². The molecule has 18 N–H and O–H groups in total. The van der Waals surface area contributed by atoms with Crippen LogP contribution in [0.4, 0.5) is 0 Å². The summed E-state index contributed by atoms with van der Waals surface area (Å²) in [7, 11) is 0. The molecule has 5 aromatic heterocycles. The lowest BCUT2D eigenvalue weighted by Gasteiger charge is -2.45. The largest absolute Gasteiger partial charge is 0.477 e. The molecule has 1 aliphatic carbocycles. The lowest BCUT2D eigenvalue weighted by Crippen LogP contribution is -2.58. The van der Waals surface area contributed by atoms with E-state index in [1.165, 1.54) is 87.4 Å². The van der Waals surface area contributed by atoms with E-state index in [0.717, 1.165) is 57.1 Å². The van der Waals surface area contributed by atoms with Crippen molar-refractivity contribution in [3.05, 3.63) is 172 Å². The number of allylic oxidation sites excluding steroid dienone is 1. The first-order valence-electron chi connectivity index (χ1n) is 33.7. The van der Waals surface area contributed by atoms with Crippen molar-refractivity contribution in [1.29, 1.82) is 0 Å². The Morgan fingerprint density at radius 3 is 2.05 bits per heavy atom. The number of hydrogen-bond donors (Lipinski definition) is 18. The van der Waals surface area contributed by atoms with Gasteiger partial charge in [0.05, 0.1) is 82.4 Å². The molecule has 37 nitrogen and oxygen atoms in total. The van der Waals surface area contributed by atoms with Gasteiger partial charge in [-0.3, -0.25) is 63.6 Å². The molecule has 15 atom stereocenters. The normalized spacial score (nSPS) is 26.4. The van der Waals surface area contributed by atoms with Gasteiger partial charge in [-0.05, 0) is 72.9 Å². The minimum atomic E-state index is -2.21. The molecule has 0 radical (unpaired) electrons. The first-order chi connectivity index (χ1) is 52.3. The zero-order valence-corrected chi connectivity index (χ0v) is 64.1. The van der Waals surface area contributed by atoms with Crippen molar-refractivity contribution in [2.24, 2.45) is 4.99 Å². The number of thiazole rings is 4. The van der Waals surface area contributed by atoms with Crippen molar-refractivity contribution in [2.75, 3.05) is 5.75 Å². The SMILES string of the molecule is C=C(NC(=O)C(=C)NC(=O)c1csc([C@H]2CC[C@]34NC(=O)C(=C)NC(=O)C(=C)NC(=O)C(=C)NC(=O)[C@H](C)N[C@@H]5C=Cc6c([C@H](C)O)cc(nc6[C@H]5O)C(=O)O[C@H](C)[C@H](NC(=O)c5csc(n5)[C@H]([C@@](C)(O)[C@H](C)O)NC(=O)[C@H]5CSC(=N5)/C(=C/C)NC(=O)[C@H]([C@@H](C)O)NC(=O)c5csc3n5)c3nc(cs3)[C@H]4N2)n1)C(=O)O. The third-order valence-electron chi connectivity index (χ3n) is 18.2. The van der Waals surface area contributed by atoms with E-state index >= 15 is 9.59 Å². The molecular weight excluding hydrogens is 1550 g/mol. The van der Waals surface area contributed by atoms with Crippen LogP contribution in [0.5, 0.6) is 0 Å². The van der Waals surface area contributed by atoms with Crippen LogP contribution in [0.25, 0.3) is 6.08 Å². The molecule has 586 valence electrons. The maximum Gasteiger partial charge on any atom is 0.357 e. The highest BCUT2D eigenvalue weighted by molar-refractivity contribution is 8.14. The Kier molecular flexibility index (Phi) is 25.2. The minimum Gasteiger partial charge on any atom is -0.477 e. The second-order valence-corrected chi connectivity index (χ2v) is 30.8. The second kappa shape index (κ2) is 33.8. The van der Waals surface area contributed by atoms with Crippen LogP contribution in [0.3, 0.4) is 0 Å². The second-order valence-electron chi connectivity index (χ2n) is 26.2. The first kappa shape index (κ1) is 82.7. The monoisotopic (exact) mass is 1620 g/mol. The fourth-order valence-electron chi connectivity index (χ4n) is 11.8. The van der Waals surface area contributed by atoms with Gasteiger partial charge in [0.2, 0.25) is 17.7 Å². The summed E-state index contributed by atoms with van der Waals surface area (Å²) in [4.78, 5) is 196. The fraction of sp³-hybridized carbons (Fsp3) is 0.362. The molecule has 0 spiro atoms. The standard InChI is InChI=1S/C69H76N18O19S5/c1-13-36-61-80-43(21-107-61)59(100)86-50(68(12,105)33(11)90)64-82-42(22-110-64)57(98)85-46-32(10)106-66(104)39-18-35(30(8)88)34-14-15-37(48(91)47(34)76-39)70-24(2)51(92)71-25(3)52(93)72-26(4)53(94)73-28(6)55(96)87-69(67-83-44(23-111-67)58(99)84-45(31(9)89)60(101)78-36)17-16-38(77-49(69)40-19-109-63(46)79-40)62-81-41(20-108-62)56(97)74-27(5)54(95)75-29(7)65(102)103/h13-15,18-20,22-24,30-33,37-38,43,45-46,48-50,70,77,88-91,105H,3-7,16-17,21H2,1-2,8-12H3,(H,71,92)(H,72,93)(H,73,94)(H,74,97)(H,75,95)(H,78,101)(H,84,99)(H,85,98)(H,86,100)(H,87,96)(H,102,103)/b36-13-/t24-,30-,31+,32+,33-,37+,38+,43+,45-,46-,48-,49+,50+,68-,69+/m0/s1. The van der Waals surface area contributed by atoms with Gasteiger partial charge in [-0.25, -0.2) is 34.5 Å². The van der Waals surface area contributed by atoms with Gasteiger partial charge < -0.3 is 88.5 Å². The molecule has 0 saturated carbocycles. The molecule has 13 bridgehead atoms. The molecule has 5 aliphatic rings. The van der Waals surface area contributed by atoms with E-state index in [2.05, 4.69) is 111 Å². The van der Waals surface area contributed by atoms with Crippen molar-refractivity contribution in [3.63, 3.8) is 0 Å². The summed E-state index contributed by atoms with van der Waals surface area (Å²) in [5.74, 6) is -13.1. The van der Waals surface area contributed by atoms with E-state index in [1.807, 2.05) is 5.32 Å². The third kappa shape index (κ3) is 18.0. The number of aliphatic hydroxyl groups is 5. The number of aromatic nitrogens is 5. The topological polar surface area (TPSA) is 557 Å². The first-order valence-corrected chi connectivity index (χ1v) is 38.2. The lowest BCUT2D eigenvalue weighted by molar-refractivity contribution is -0.134. The lowest BCUT2D eigenvalue weighted by atomic mass is 9.78. The minimum absolute atomic E-state index is 0.0219. The maximum absolute atomic E-state index is 15.2. The molecule has 10 amide bonds. The number of esters is 1. The Bertz CT molecular complexity index is 4840. The number of cyclic esters (lactones) is 1. The number of nitrogens with zero attached hydrogens (tertiary/aromatic N) is 6. The molecule has 42 heteroatoms. The number of thioether (sulfide) groups is 1. The van der Waals surface area contributed by atoms with Crippen LogP contribution in [-0.2, 0) is 48.6 Å². The number of pyridine rings is 1. The predicted molar refractivity (Wildman–Crippen MR) is 402 cm³/mol. The number of carbonyl (C=O) groups is 12. The van der Waals surface area contributed by atoms with Gasteiger partial charge in [0.1, 0.15) is 101 Å². The fourth-order valence-corrected chi connectivity index (χ4v) is 16.7. The molecule has 10 rings (SSSR count). The van der Waals surface area contributed by atoms with E-state index in [4.69, 9.17) is 14.7 Å². The summed E-state index contributed by atoms with van der Waals surface area (Å²) in [5, 5.41) is 103. The highest BCUT2D eigenvalue weighted by atomic mass is 32.2. The summed E-state index contributed by atoms with van der Waals surface area (Å²) in [5.41, 5.74) is -8.96. The average molecular weight is 1620 g/mol. The molecule has 1 fully saturated rings. The average Bonchev–Trinajstić information content (AvgIpc) is 1.69. The van der Waals surface area contributed by atoms with Gasteiger partial charge >= 0.3 is 11.9 Å². The number of aliphatic carboxylic acids is 1. The van der Waals surface area contributed by atoms with Gasteiger partial charge in [-0.2, -0.15) is 0 Å². The summed E-state index contributed by atoms with van der Waals surface area (Å²) in [6.07, 6.45) is -3.66. The number of carbonyl (C=O) groups excluding carboxylic acids is 11. The number of amides is 10. The molecular formula is C69H76N18O19S5. The van der Waals surface area contributed by atoms with Crippen LogP contribution in [0.15, 0.2) is 112 Å². The van der Waals surface area contributed by atoms with E-state index < -0.39 is 201 Å². The molecule has 5 aromatic rings. The summed E-state index contributed by atoms with van der Waals surface area (Å²) in [6.45, 7) is 27.2. The number of fused-ring (bicyclic) bond motifs is 7. The zero-order valence-electron chi connectivity index (χ0n) is 60.0. The number of carboxylic acid groups (broad SMARTS) is 1. The molecule has 9 heterocycles. The Labute approximate surface area is 651 Å². The number of nitrogens with one attached hydrogen (secondary N) is 12. The Hall–Kier alpha value is -10.8. The maximum atomic E-state index is 15.2. The smallest absolute Gasteiger partial charge is 0.357 e. The van der Waals surface area contributed by atoms with Crippen LogP contribution in [0.1, 0.15) is 182 Å². The number of piperidine rings is 1. The highest BCUT2D eigenvalue weighted by Gasteiger charge is 2.52. The van der Waals surface area contributed by atoms with Crippen molar-refractivity contribution in [1.82, 2.24) is 88.7 Å². The third-order valence-corrected chi connectivity index (χ3v) is 23.2. The number of rotatable bonds is 10. The number of aliphatic hydroxyl groups excluding tert-OH is 4. The molecule has 1 saturated heterocycles. The Morgan fingerprint density at radius 1 is 0.730 bits per heavy atom. The molecule has 0 unspecified atom stereocenters.